The summed E-state index contributed by atoms with van der Waals surface area (Å²) in [6.45, 7) is 0.276. The van der Waals surface area contributed by atoms with Crippen LogP contribution >= 0.6 is 0 Å². The van der Waals surface area contributed by atoms with Crippen LogP contribution in [0.3, 0.4) is 0 Å². The van der Waals surface area contributed by atoms with Crippen molar-refractivity contribution in [2.24, 2.45) is 11.7 Å². The molecule has 0 aliphatic heterocycles. The van der Waals surface area contributed by atoms with E-state index in [4.69, 9.17) is 5.73 Å². The Kier molecular flexibility index (Phi) is 3.55. The van der Waals surface area contributed by atoms with Crippen molar-refractivity contribution in [2.75, 3.05) is 6.54 Å². The van der Waals surface area contributed by atoms with E-state index >= 15 is 0 Å². The Bertz CT molecular complexity index is 746. The van der Waals surface area contributed by atoms with E-state index in [2.05, 4.69) is 0 Å². The second-order valence-corrected chi connectivity index (χ2v) is 7.41. The maximum absolute atomic E-state index is 13.4. The average Bonchev–Trinajstić information content (AvgIpc) is 3.23. The van der Waals surface area contributed by atoms with Crippen molar-refractivity contribution < 1.29 is 12.8 Å². The van der Waals surface area contributed by atoms with E-state index in [-0.39, 0.29) is 24.2 Å². The summed E-state index contributed by atoms with van der Waals surface area (Å²) in [7, 11) is -3.44. The van der Waals surface area contributed by atoms with Crippen molar-refractivity contribution in [2.45, 2.75) is 16.1 Å². The molecule has 3 nitrogen and oxygen atoms in total. The van der Waals surface area contributed by atoms with E-state index in [1.807, 2.05) is 0 Å². The smallest absolute Gasteiger partial charge is 0.182 e. The predicted octanol–water partition coefficient (Wildman–Crippen LogP) is 2.34. The highest BCUT2D eigenvalue weighted by Crippen LogP contribution is 2.53. The second-order valence-electron chi connectivity index (χ2n) is 5.30. The Balaban J connectivity index is 1.96. The minimum Gasteiger partial charge on any atom is -0.330 e. The molecule has 3 atom stereocenters. The Morgan fingerprint density at radius 2 is 1.76 bits per heavy atom. The highest BCUT2D eigenvalue weighted by molar-refractivity contribution is 7.92. The molecular formula is C16H16FNO2S. The lowest BCUT2D eigenvalue weighted by Gasteiger charge is -2.04. The van der Waals surface area contributed by atoms with Crippen LogP contribution in [0.2, 0.25) is 0 Å². The molecule has 0 amide bonds. The third-order valence-electron chi connectivity index (χ3n) is 4.03. The van der Waals surface area contributed by atoms with Gasteiger partial charge in [0, 0.05) is 5.92 Å². The van der Waals surface area contributed by atoms with Gasteiger partial charge in [0.2, 0.25) is 0 Å². The van der Waals surface area contributed by atoms with Gasteiger partial charge < -0.3 is 5.73 Å². The number of benzene rings is 2. The number of halogens is 1. The second kappa shape index (κ2) is 5.24. The van der Waals surface area contributed by atoms with E-state index < -0.39 is 15.1 Å². The van der Waals surface area contributed by atoms with Gasteiger partial charge in [0.1, 0.15) is 5.82 Å². The molecule has 1 aliphatic carbocycles. The summed E-state index contributed by atoms with van der Waals surface area (Å²) in [5, 5.41) is -0.563. The van der Waals surface area contributed by atoms with Gasteiger partial charge in [-0.05, 0) is 42.3 Å². The maximum Gasteiger partial charge on any atom is 0.182 e. The zero-order valence-electron chi connectivity index (χ0n) is 11.3. The number of nitrogens with two attached hydrogens (primary N) is 1. The van der Waals surface area contributed by atoms with E-state index in [1.165, 1.54) is 12.1 Å². The van der Waals surface area contributed by atoms with Crippen molar-refractivity contribution in [3.63, 3.8) is 0 Å². The normalized spacial score (nSPS) is 24.8. The highest BCUT2D eigenvalue weighted by atomic mass is 32.2. The lowest BCUT2D eigenvalue weighted by molar-refractivity contribution is 0.591. The Morgan fingerprint density at radius 1 is 1.05 bits per heavy atom. The van der Waals surface area contributed by atoms with Crippen molar-refractivity contribution >= 4 is 9.84 Å². The van der Waals surface area contributed by atoms with Crippen molar-refractivity contribution in [1.29, 1.82) is 0 Å². The Hall–Kier alpha value is -1.72. The van der Waals surface area contributed by atoms with Crippen molar-refractivity contribution in [1.82, 2.24) is 0 Å². The van der Waals surface area contributed by atoms with Crippen LogP contribution in [-0.2, 0) is 9.84 Å². The van der Waals surface area contributed by atoms with Crippen LogP contribution < -0.4 is 5.73 Å². The van der Waals surface area contributed by atoms with Crippen molar-refractivity contribution in [3.05, 3.63) is 66.0 Å². The van der Waals surface area contributed by atoms with Gasteiger partial charge in [-0.2, -0.15) is 0 Å². The molecule has 0 unspecified atom stereocenters. The van der Waals surface area contributed by atoms with E-state index in [1.54, 1.807) is 42.5 Å². The minimum absolute atomic E-state index is 0.156. The SMILES string of the molecule is NC[C@@H]1[C@H](c2cccc(F)c2)[C@H]1S(=O)(=O)c1ccccc1. The third kappa shape index (κ3) is 2.47. The standard InChI is InChI=1S/C16H16FNO2S/c17-12-6-4-5-11(9-12)15-14(10-18)16(15)21(19,20)13-7-2-1-3-8-13/h1-9,14-16H,10,18H2/t14-,15+,16+/m1/s1. The van der Waals surface area contributed by atoms with Crippen LogP contribution in [-0.4, -0.2) is 20.2 Å². The molecule has 1 fully saturated rings. The lowest BCUT2D eigenvalue weighted by atomic mass is 10.1. The summed E-state index contributed by atoms with van der Waals surface area (Å²) in [5.74, 6) is -0.737. The molecular weight excluding hydrogens is 289 g/mol. The minimum atomic E-state index is -3.44. The van der Waals surface area contributed by atoms with Gasteiger partial charge in [0.25, 0.3) is 0 Å². The number of sulfone groups is 1. The van der Waals surface area contributed by atoms with Gasteiger partial charge >= 0.3 is 0 Å². The maximum atomic E-state index is 13.4. The molecule has 0 spiro atoms. The topological polar surface area (TPSA) is 60.2 Å². The molecule has 0 saturated heterocycles. The first-order chi connectivity index (χ1) is 10.1. The summed E-state index contributed by atoms with van der Waals surface area (Å²) in [4.78, 5) is 0.298. The molecule has 3 rings (SSSR count). The van der Waals surface area contributed by atoms with Gasteiger partial charge in [-0.25, -0.2) is 12.8 Å². The molecule has 2 aromatic rings. The van der Waals surface area contributed by atoms with Crippen LogP contribution in [0.25, 0.3) is 0 Å². The molecule has 2 N–H and O–H groups in total. The quantitative estimate of drug-likeness (QED) is 0.943. The van der Waals surface area contributed by atoms with Gasteiger partial charge in [-0.1, -0.05) is 30.3 Å². The third-order valence-corrected chi connectivity index (χ3v) is 6.32. The fraction of sp³-hybridized carbons (Fsp3) is 0.250. The Morgan fingerprint density at radius 3 is 2.38 bits per heavy atom. The summed E-state index contributed by atoms with van der Waals surface area (Å²) in [5.41, 5.74) is 6.41. The Labute approximate surface area is 123 Å². The van der Waals surface area contributed by atoms with Gasteiger partial charge in [-0.3, -0.25) is 0 Å². The predicted molar refractivity (Wildman–Crippen MR) is 79.1 cm³/mol. The summed E-state index contributed by atoms with van der Waals surface area (Å²) in [6, 6.07) is 14.5. The molecule has 110 valence electrons. The van der Waals surface area contributed by atoms with Gasteiger partial charge in [0.05, 0.1) is 10.1 Å². The molecule has 0 heterocycles. The van der Waals surface area contributed by atoms with Crippen LogP contribution in [0.1, 0.15) is 11.5 Å². The average molecular weight is 305 g/mol. The summed E-state index contributed by atoms with van der Waals surface area (Å²) in [6.07, 6.45) is 0. The van der Waals surface area contributed by atoms with Crippen molar-refractivity contribution in [3.8, 4) is 0 Å². The van der Waals surface area contributed by atoms with Gasteiger partial charge in [0.15, 0.2) is 9.84 Å². The number of hydrogen-bond acceptors (Lipinski definition) is 3. The largest absolute Gasteiger partial charge is 0.330 e. The molecule has 5 heteroatoms. The molecule has 1 aliphatic rings. The molecule has 0 aromatic heterocycles. The number of hydrogen-bond donors (Lipinski definition) is 1. The fourth-order valence-electron chi connectivity index (χ4n) is 2.96. The number of rotatable bonds is 4. The zero-order chi connectivity index (χ0) is 15.0. The first-order valence-corrected chi connectivity index (χ1v) is 8.35. The molecule has 0 radical (unpaired) electrons. The molecule has 21 heavy (non-hydrogen) atoms. The molecule has 2 aromatic carbocycles. The van der Waals surface area contributed by atoms with E-state index in [9.17, 15) is 12.8 Å². The van der Waals surface area contributed by atoms with Crippen LogP contribution in [0.4, 0.5) is 4.39 Å². The van der Waals surface area contributed by atoms with E-state index in [0.717, 1.165) is 0 Å². The van der Waals surface area contributed by atoms with E-state index in [0.29, 0.717) is 10.5 Å². The first kappa shape index (κ1) is 14.2. The summed E-state index contributed by atoms with van der Waals surface area (Å²) >= 11 is 0. The zero-order valence-corrected chi connectivity index (χ0v) is 12.1. The monoisotopic (exact) mass is 305 g/mol. The molecule has 1 saturated carbocycles. The van der Waals surface area contributed by atoms with Crippen LogP contribution in [0.15, 0.2) is 59.5 Å². The fourth-order valence-corrected chi connectivity index (χ4v) is 5.21. The first-order valence-electron chi connectivity index (χ1n) is 6.80. The highest BCUT2D eigenvalue weighted by Gasteiger charge is 2.58. The van der Waals surface area contributed by atoms with Crippen LogP contribution in [0.5, 0.6) is 0 Å². The summed E-state index contributed by atoms with van der Waals surface area (Å²) < 4.78 is 38.7. The van der Waals surface area contributed by atoms with Crippen LogP contribution in [0, 0.1) is 11.7 Å². The lowest BCUT2D eigenvalue weighted by Crippen LogP contribution is -2.13. The molecule has 0 bridgehead atoms. The van der Waals surface area contributed by atoms with Gasteiger partial charge in [-0.15, -0.1) is 0 Å².